The number of hydrogen-bond acceptors (Lipinski definition) is 4. The van der Waals surface area contributed by atoms with E-state index in [9.17, 15) is 0 Å². The Morgan fingerprint density at radius 3 is 2.93 bits per heavy atom. The molecule has 0 saturated carbocycles. The molecule has 1 atom stereocenters. The van der Waals surface area contributed by atoms with Gasteiger partial charge in [0.05, 0.1) is 17.2 Å². The highest BCUT2D eigenvalue weighted by atomic mass is 32.1. The molecule has 2 heterocycles. The van der Waals surface area contributed by atoms with E-state index in [1.807, 2.05) is 5.51 Å². The molecule has 0 aliphatic rings. The molecular weight excluding hydrogens is 212 g/mol. The summed E-state index contributed by atoms with van der Waals surface area (Å²) in [5.74, 6) is 0. The molecule has 0 aliphatic carbocycles. The van der Waals surface area contributed by atoms with Gasteiger partial charge in [-0.1, -0.05) is 6.92 Å². The van der Waals surface area contributed by atoms with Crippen molar-refractivity contribution in [3.05, 3.63) is 39.0 Å². The molecule has 2 rings (SSSR count). The van der Waals surface area contributed by atoms with Gasteiger partial charge in [-0.3, -0.25) is 0 Å². The molecule has 2 nitrogen and oxygen atoms in total. The first-order valence-corrected chi connectivity index (χ1v) is 6.44. The highest BCUT2D eigenvalue weighted by molar-refractivity contribution is 7.08. The molecule has 0 spiro atoms. The third-order valence-electron chi connectivity index (χ3n) is 2.03. The minimum atomic E-state index is 0.262. The molecule has 4 heteroatoms. The maximum Gasteiger partial charge on any atom is 0.0795 e. The first kappa shape index (κ1) is 9.83. The van der Waals surface area contributed by atoms with Crippen molar-refractivity contribution in [2.24, 2.45) is 0 Å². The second-order valence-electron chi connectivity index (χ2n) is 2.96. The molecule has 2 aromatic rings. The van der Waals surface area contributed by atoms with Crippen molar-refractivity contribution >= 4 is 22.7 Å². The molecule has 0 amide bonds. The van der Waals surface area contributed by atoms with E-state index in [1.165, 1.54) is 5.56 Å². The van der Waals surface area contributed by atoms with Crippen LogP contribution in [0.5, 0.6) is 0 Å². The number of thiazole rings is 1. The number of hydrogen-bond donors (Lipinski definition) is 1. The van der Waals surface area contributed by atoms with E-state index in [0.717, 1.165) is 12.2 Å². The quantitative estimate of drug-likeness (QED) is 0.863. The Morgan fingerprint density at radius 2 is 2.36 bits per heavy atom. The van der Waals surface area contributed by atoms with Crippen LogP contribution in [0.3, 0.4) is 0 Å². The van der Waals surface area contributed by atoms with E-state index in [2.05, 4.69) is 39.4 Å². The summed E-state index contributed by atoms with van der Waals surface area (Å²) >= 11 is 3.37. The van der Waals surface area contributed by atoms with E-state index in [0.29, 0.717) is 0 Å². The van der Waals surface area contributed by atoms with Crippen LogP contribution in [-0.4, -0.2) is 11.5 Å². The molecule has 0 radical (unpaired) electrons. The molecule has 1 unspecified atom stereocenters. The second-order valence-corrected chi connectivity index (χ2v) is 4.46. The smallest absolute Gasteiger partial charge is 0.0795 e. The molecule has 1 N–H and O–H groups in total. The van der Waals surface area contributed by atoms with E-state index < -0.39 is 0 Å². The molecule has 14 heavy (non-hydrogen) atoms. The highest BCUT2D eigenvalue weighted by Gasteiger charge is 2.14. The number of rotatable bonds is 4. The zero-order valence-electron chi connectivity index (χ0n) is 7.93. The van der Waals surface area contributed by atoms with Crippen LogP contribution >= 0.6 is 22.7 Å². The van der Waals surface area contributed by atoms with Gasteiger partial charge < -0.3 is 5.32 Å². The molecule has 0 saturated heterocycles. The summed E-state index contributed by atoms with van der Waals surface area (Å²) in [5, 5.41) is 9.82. The Bertz CT molecular complexity index is 319. The Morgan fingerprint density at radius 1 is 1.43 bits per heavy atom. The van der Waals surface area contributed by atoms with Crippen molar-refractivity contribution in [1.82, 2.24) is 10.3 Å². The lowest BCUT2D eigenvalue weighted by molar-refractivity contribution is 0.620. The lowest BCUT2D eigenvalue weighted by atomic mass is 10.1. The molecule has 2 aromatic heterocycles. The number of nitrogens with one attached hydrogen (secondary N) is 1. The Kier molecular flexibility index (Phi) is 3.29. The molecule has 0 fully saturated rings. The summed E-state index contributed by atoms with van der Waals surface area (Å²) in [6.07, 6.45) is 0. The van der Waals surface area contributed by atoms with E-state index in [4.69, 9.17) is 0 Å². The average molecular weight is 224 g/mol. The highest BCUT2D eigenvalue weighted by Crippen LogP contribution is 2.23. The van der Waals surface area contributed by atoms with Crippen LogP contribution in [0.2, 0.25) is 0 Å². The maximum atomic E-state index is 4.35. The molecule has 0 bridgehead atoms. The summed E-state index contributed by atoms with van der Waals surface area (Å²) in [5.41, 5.74) is 4.31. The number of thiophene rings is 1. The van der Waals surface area contributed by atoms with Crippen LogP contribution in [0.1, 0.15) is 24.2 Å². The first-order chi connectivity index (χ1) is 6.92. The van der Waals surface area contributed by atoms with Gasteiger partial charge in [-0.05, 0) is 28.9 Å². The number of aromatic nitrogens is 1. The molecule has 74 valence electrons. The van der Waals surface area contributed by atoms with Gasteiger partial charge in [0.2, 0.25) is 0 Å². The van der Waals surface area contributed by atoms with Gasteiger partial charge in [0.1, 0.15) is 0 Å². The van der Waals surface area contributed by atoms with Gasteiger partial charge in [-0.15, -0.1) is 11.3 Å². The molecule has 0 aliphatic heterocycles. The normalized spacial score (nSPS) is 12.9. The van der Waals surface area contributed by atoms with Crippen molar-refractivity contribution in [3.8, 4) is 0 Å². The summed E-state index contributed by atoms with van der Waals surface area (Å²) < 4.78 is 0. The zero-order valence-corrected chi connectivity index (χ0v) is 9.57. The van der Waals surface area contributed by atoms with E-state index in [-0.39, 0.29) is 6.04 Å². The van der Waals surface area contributed by atoms with Crippen LogP contribution in [0, 0.1) is 0 Å². The fourth-order valence-electron chi connectivity index (χ4n) is 1.40. The lowest BCUT2D eigenvalue weighted by Gasteiger charge is -2.13. The Labute approximate surface area is 91.6 Å². The monoisotopic (exact) mass is 224 g/mol. The molecular formula is C10H12N2S2. The lowest BCUT2D eigenvalue weighted by Crippen LogP contribution is -2.21. The van der Waals surface area contributed by atoms with Crippen LogP contribution in [0.25, 0.3) is 0 Å². The van der Waals surface area contributed by atoms with E-state index >= 15 is 0 Å². The van der Waals surface area contributed by atoms with Crippen molar-refractivity contribution in [2.45, 2.75) is 13.0 Å². The van der Waals surface area contributed by atoms with Gasteiger partial charge in [-0.25, -0.2) is 4.98 Å². The van der Waals surface area contributed by atoms with E-state index in [1.54, 1.807) is 22.7 Å². The Balaban J connectivity index is 2.25. The standard InChI is InChI=1S/C10H12N2S2/c1-2-11-10(8-3-4-13-5-8)9-6-14-7-12-9/h3-7,10-11H,2H2,1H3. The fraction of sp³-hybridized carbons (Fsp3) is 0.300. The summed E-state index contributed by atoms with van der Waals surface area (Å²) in [7, 11) is 0. The predicted octanol–water partition coefficient (Wildman–Crippen LogP) is 2.90. The largest absolute Gasteiger partial charge is 0.305 e. The SMILES string of the molecule is CCNC(c1ccsc1)c1cscn1. The van der Waals surface area contributed by atoms with Crippen molar-refractivity contribution in [2.75, 3.05) is 6.54 Å². The minimum Gasteiger partial charge on any atom is -0.305 e. The Hall–Kier alpha value is -0.710. The van der Waals surface area contributed by atoms with Gasteiger partial charge in [0, 0.05) is 5.38 Å². The van der Waals surface area contributed by atoms with Gasteiger partial charge in [0.25, 0.3) is 0 Å². The topological polar surface area (TPSA) is 24.9 Å². The van der Waals surface area contributed by atoms with Crippen LogP contribution in [-0.2, 0) is 0 Å². The minimum absolute atomic E-state index is 0.262. The predicted molar refractivity (Wildman–Crippen MR) is 62.0 cm³/mol. The number of nitrogens with zero attached hydrogens (tertiary/aromatic N) is 1. The van der Waals surface area contributed by atoms with Gasteiger partial charge in [0.15, 0.2) is 0 Å². The first-order valence-electron chi connectivity index (χ1n) is 4.55. The summed E-state index contributed by atoms with van der Waals surface area (Å²) in [4.78, 5) is 4.35. The molecule has 0 aromatic carbocycles. The van der Waals surface area contributed by atoms with Crippen molar-refractivity contribution in [3.63, 3.8) is 0 Å². The van der Waals surface area contributed by atoms with Gasteiger partial charge >= 0.3 is 0 Å². The van der Waals surface area contributed by atoms with Crippen molar-refractivity contribution in [1.29, 1.82) is 0 Å². The van der Waals surface area contributed by atoms with Crippen LogP contribution < -0.4 is 5.32 Å². The van der Waals surface area contributed by atoms with Gasteiger partial charge in [-0.2, -0.15) is 11.3 Å². The van der Waals surface area contributed by atoms with Crippen molar-refractivity contribution < 1.29 is 0 Å². The fourth-order valence-corrected chi connectivity index (χ4v) is 2.67. The third-order valence-corrected chi connectivity index (χ3v) is 3.34. The second kappa shape index (κ2) is 4.68. The summed E-state index contributed by atoms with van der Waals surface area (Å²) in [6, 6.07) is 2.41. The third kappa shape index (κ3) is 2.03. The van der Waals surface area contributed by atoms with Crippen LogP contribution in [0.15, 0.2) is 27.7 Å². The zero-order chi connectivity index (χ0) is 9.80. The van der Waals surface area contributed by atoms with Crippen LogP contribution in [0.4, 0.5) is 0 Å². The maximum absolute atomic E-state index is 4.35. The average Bonchev–Trinajstić information content (AvgIpc) is 2.87. The summed E-state index contributed by atoms with van der Waals surface area (Å²) in [6.45, 7) is 3.07.